The van der Waals surface area contributed by atoms with Gasteiger partial charge >= 0.3 is 5.92 Å². The minimum Gasteiger partial charge on any atom is -0.383 e. The lowest BCUT2D eigenvalue weighted by Crippen LogP contribution is -2.61. The van der Waals surface area contributed by atoms with Crippen molar-refractivity contribution < 1.29 is 23.6 Å². The van der Waals surface area contributed by atoms with E-state index in [0.717, 1.165) is 4.90 Å². The van der Waals surface area contributed by atoms with Gasteiger partial charge in [-0.1, -0.05) is 12.1 Å². The summed E-state index contributed by atoms with van der Waals surface area (Å²) in [4.78, 5) is 23.6. The SMILES string of the molecule is O=C(N1CCc2c(cccc2[N+](=O)[O-])C1)C(F)(F)C1(O)CCC1. The maximum absolute atomic E-state index is 14.3. The summed E-state index contributed by atoms with van der Waals surface area (Å²) < 4.78 is 28.5. The zero-order chi connectivity index (χ0) is 16.8. The average molecular weight is 326 g/mol. The zero-order valence-electron chi connectivity index (χ0n) is 12.3. The minimum absolute atomic E-state index is 0.0254. The molecule has 23 heavy (non-hydrogen) atoms. The van der Waals surface area contributed by atoms with Crippen LogP contribution in [0.15, 0.2) is 18.2 Å². The molecule has 8 heteroatoms. The molecule has 0 radical (unpaired) electrons. The maximum Gasteiger partial charge on any atom is 0.352 e. The van der Waals surface area contributed by atoms with Crippen LogP contribution in [0.2, 0.25) is 0 Å². The predicted molar refractivity (Wildman–Crippen MR) is 76.0 cm³/mol. The highest BCUT2D eigenvalue weighted by atomic mass is 19.3. The van der Waals surface area contributed by atoms with E-state index < -0.39 is 22.4 Å². The van der Waals surface area contributed by atoms with Crippen LogP contribution in [-0.2, 0) is 17.8 Å². The number of nitro groups is 1. The second-order valence-corrected chi connectivity index (χ2v) is 6.11. The summed E-state index contributed by atoms with van der Waals surface area (Å²) in [6.45, 7) is -0.135. The van der Waals surface area contributed by atoms with Gasteiger partial charge in [0.2, 0.25) is 0 Å². The third-order valence-electron chi connectivity index (χ3n) is 4.76. The fourth-order valence-electron chi connectivity index (χ4n) is 3.16. The van der Waals surface area contributed by atoms with Crippen molar-refractivity contribution in [1.82, 2.24) is 4.90 Å². The molecule has 1 amide bonds. The number of carbonyl (C=O) groups is 1. The number of hydrogen-bond acceptors (Lipinski definition) is 4. The van der Waals surface area contributed by atoms with Crippen LogP contribution < -0.4 is 0 Å². The van der Waals surface area contributed by atoms with Crippen LogP contribution in [0.1, 0.15) is 30.4 Å². The van der Waals surface area contributed by atoms with E-state index in [9.17, 15) is 28.8 Å². The number of aliphatic hydroxyl groups is 1. The monoisotopic (exact) mass is 326 g/mol. The van der Waals surface area contributed by atoms with E-state index in [1.54, 1.807) is 6.07 Å². The van der Waals surface area contributed by atoms with Crippen molar-refractivity contribution in [2.24, 2.45) is 0 Å². The van der Waals surface area contributed by atoms with Crippen molar-refractivity contribution in [2.45, 2.75) is 43.8 Å². The van der Waals surface area contributed by atoms with E-state index in [0.29, 0.717) is 17.5 Å². The normalized spacial score (nSPS) is 19.7. The molecule has 1 saturated carbocycles. The Kier molecular flexibility index (Phi) is 3.59. The van der Waals surface area contributed by atoms with E-state index in [4.69, 9.17) is 0 Å². The minimum atomic E-state index is -3.83. The van der Waals surface area contributed by atoms with Crippen molar-refractivity contribution in [3.05, 3.63) is 39.4 Å². The molecule has 1 fully saturated rings. The Morgan fingerprint density at radius 1 is 1.39 bits per heavy atom. The highest BCUT2D eigenvalue weighted by Gasteiger charge is 2.62. The number of fused-ring (bicyclic) bond motifs is 1. The number of halogens is 2. The van der Waals surface area contributed by atoms with E-state index in [-0.39, 0.29) is 38.0 Å². The van der Waals surface area contributed by atoms with Gasteiger partial charge in [-0.3, -0.25) is 14.9 Å². The largest absolute Gasteiger partial charge is 0.383 e. The summed E-state index contributed by atoms with van der Waals surface area (Å²) in [5.74, 6) is -5.24. The number of hydrogen-bond donors (Lipinski definition) is 1. The van der Waals surface area contributed by atoms with E-state index >= 15 is 0 Å². The summed E-state index contributed by atoms with van der Waals surface area (Å²) in [6, 6.07) is 4.43. The first-order valence-electron chi connectivity index (χ1n) is 7.41. The second kappa shape index (κ2) is 5.23. The quantitative estimate of drug-likeness (QED) is 0.680. The highest BCUT2D eigenvalue weighted by Crippen LogP contribution is 2.45. The molecule has 0 spiro atoms. The molecule has 3 rings (SSSR count). The van der Waals surface area contributed by atoms with Crippen molar-refractivity contribution >= 4 is 11.6 Å². The molecule has 6 nitrogen and oxygen atoms in total. The summed E-state index contributed by atoms with van der Waals surface area (Å²) >= 11 is 0. The summed E-state index contributed by atoms with van der Waals surface area (Å²) in [5, 5.41) is 20.9. The van der Waals surface area contributed by atoms with E-state index in [1.165, 1.54) is 12.1 Å². The fraction of sp³-hybridized carbons (Fsp3) is 0.533. The first kappa shape index (κ1) is 15.8. The Bertz CT molecular complexity index is 673. The molecule has 0 unspecified atom stereocenters. The second-order valence-electron chi connectivity index (χ2n) is 6.11. The molecule has 1 N–H and O–H groups in total. The lowest BCUT2D eigenvalue weighted by molar-refractivity contribution is -0.385. The number of benzene rings is 1. The first-order valence-corrected chi connectivity index (χ1v) is 7.41. The van der Waals surface area contributed by atoms with Gasteiger partial charge in [-0.15, -0.1) is 0 Å². The van der Waals surface area contributed by atoms with Crippen LogP contribution in [0.25, 0.3) is 0 Å². The molecule has 1 aromatic rings. The zero-order valence-corrected chi connectivity index (χ0v) is 12.3. The fourth-order valence-corrected chi connectivity index (χ4v) is 3.16. The molecular weight excluding hydrogens is 310 g/mol. The van der Waals surface area contributed by atoms with Crippen LogP contribution in [0, 0.1) is 10.1 Å². The third kappa shape index (κ3) is 2.37. The van der Waals surface area contributed by atoms with Gasteiger partial charge in [-0.25, -0.2) is 0 Å². The van der Waals surface area contributed by atoms with Gasteiger partial charge < -0.3 is 10.0 Å². The molecule has 124 valence electrons. The van der Waals surface area contributed by atoms with E-state index in [1.807, 2.05) is 0 Å². The van der Waals surface area contributed by atoms with Crippen LogP contribution in [0.3, 0.4) is 0 Å². The number of nitro benzene ring substituents is 1. The van der Waals surface area contributed by atoms with Crippen LogP contribution in [0.4, 0.5) is 14.5 Å². The summed E-state index contributed by atoms with van der Waals surface area (Å²) in [6.07, 6.45) is 0.421. The number of nitrogens with zero attached hydrogens (tertiary/aromatic N) is 2. The van der Waals surface area contributed by atoms with Gasteiger partial charge in [0.05, 0.1) is 4.92 Å². The van der Waals surface area contributed by atoms with Gasteiger partial charge in [0.25, 0.3) is 11.6 Å². The molecule has 2 aliphatic rings. The number of alkyl halides is 2. The van der Waals surface area contributed by atoms with Crippen LogP contribution in [-0.4, -0.2) is 38.9 Å². The molecule has 1 aliphatic heterocycles. The Balaban J connectivity index is 1.84. The van der Waals surface area contributed by atoms with Gasteiger partial charge in [0, 0.05) is 24.7 Å². The third-order valence-corrected chi connectivity index (χ3v) is 4.76. The lowest BCUT2D eigenvalue weighted by atomic mass is 9.75. The lowest BCUT2D eigenvalue weighted by Gasteiger charge is -2.43. The molecule has 1 aliphatic carbocycles. The smallest absolute Gasteiger partial charge is 0.352 e. The molecule has 0 atom stereocenters. The van der Waals surface area contributed by atoms with Crippen molar-refractivity contribution in [1.29, 1.82) is 0 Å². The number of rotatable bonds is 3. The van der Waals surface area contributed by atoms with Crippen molar-refractivity contribution in [3.8, 4) is 0 Å². The van der Waals surface area contributed by atoms with E-state index in [2.05, 4.69) is 0 Å². The Morgan fingerprint density at radius 3 is 2.65 bits per heavy atom. The van der Waals surface area contributed by atoms with Gasteiger partial charge in [-0.05, 0) is 31.2 Å². The molecule has 1 heterocycles. The van der Waals surface area contributed by atoms with Gasteiger partial charge in [-0.2, -0.15) is 8.78 Å². The standard InChI is InChI=1S/C15H16F2N2O4/c16-15(17,14(21)6-2-7-14)13(20)18-8-5-11-10(9-18)3-1-4-12(11)19(22)23/h1,3-4,21H,2,5-9H2. The molecule has 0 saturated heterocycles. The Labute approximate surface area is 130 Å². The molecular formula is C15H16F2N2O4. The van der Waals surface area contributed by atoms with Gasteiger partial charge in [0.15, 0.2) is 0 Å². The first-order chi connectivity index (χ1) is 10.8. The Hall–Kier alpha value is -2.09. The van der Waals surface area contributed by atoms with Gasteiger partial charge in [0.1, 0.15) is 5.60 Å². The van der Waals surface area contributed by atoms with Crippen LogP contribution in [0.5, 0.6) is 0 Å². The highest BCUT2D eigenvalue weighted by molar-refractivity contribution is 5.85. The molecule has 0 bridgehead atoms. The predicted octanol–water partition coefficient (Wildman–Crippen LogP) is 2.03. The summed E-state index contributed by atoms with van der Waals surface area (Å²) in [7, 11) is 0. The number of carbonyl (C=O) groups excluding carboxylic acids is 1. The molecule has 1 aromatic carbocycles. The topological polar surface area (TPSA) is 83.7 Å². The molecule has 0 aromatic heterocycles. The maximum atomic E-state index is 14.3. The van der Waals surface area contributed by atoms with Crippen LogP contribution >= 0.6 is 0 Å². The van der Waals surface area contributed by atoms with Crippen molar-refractivity contribution in [3.63, 3.8) is 0 Å². The summed E-state index contributed by atoms with van der Waals surface area (Å²) in [5.41, 5.74) is -1.34. The number of amides is 1. The Morgan fingerprint density at radius 2 is 2.09 bits per heavy atom. The van der Waals surface area contributed by atoms with Crippen molar-refractivity contribution in [2.75, 3.05) is 6.54 Å². The average Bonchev–Trinajstić information content (AvgIpc) is 2.50.